The number of nitrogens with two attached hydrogens (primary N) is 1. The molecule has 1 aromatic heterocycles. The van der Waals surface area contributed by atoms with Crippen LogP contribution in [0.2, 0.25) is 0 Å². The van der Waals surface area contributed by atoms with Crippen LogP contribution in [0.4, 0.5) is 38.9 Å². The van der Waals surface area contributed by atoms with E-state index in [-0.39, 0.29) is 92.3 Å². The number of urea groups is 1. The van der Waals surface area contributed by atoms with E-state index in [2.05, 4.69) is 36.9 Å². The smallest absolute Gasteiger partial charge is 0.475 e. The van der Waals surface area contributed by atoms with E-state index < -0.39 is 95.6 Å². The number of halogens is 3. The average molecular weight is 1520 g/mol. The zero-order valence-corrected chi connectivity index (χ0v) is 65.6. The molecule has 27 nitrogen and oxygen atoms in total. The van der Waals surface area contributed by atoms with Crippen LogP contribution >= 0.6 is 11.3 Å². The number of hydrogen-bond acceptors (Lipinski definition) is 17. The lowest BCUT2D eigenvalue weighted by Gasteiger charge is -2.41. The van der Waals surface area contributed by atoms with Crippen LogP contribution in [0.5, 0.6) is 0 Å². The van der Waals surface area contributed by atoms with Gasteiger partial charge in [-0.25, -0.2) is 24.2 Å². The maximum absolute atomic E-state index is 14.9. The number of hydrogen-bond donors (Lipinski definition) is 8. The van der Waals surface area contributed by atoms with Gasteiger partial charge in [0.25, 0.3) is 0 Å². The van der Waals surface area contributed by atoms with E-state index in [1.165, 1.54) is 23.2 Å². The number of alkyl carbamates (subject to hydrolysis) is 1. The summed E-state index contributed by atoms with van der Waals surface area (Å²) in [5, 5.41) is 26.9. The molecule has 9 N–H and O–H groups in total. The van der Waals surface area contributed by atoms with Gasteiger partial charge in [-0.1, -0.05) is 122 Å². The van der Waals surface area contributed by atoms with E-state index >= 15 is 0 Å². The number of carbonyl (C=O) groups excluding carboxylic acids is 9. The number of carbonyl (C=O) groups is 10. The number of aromatic nitrogens is 1. The van der Waals surface area contributed by atoms with Gasteiger partial charge in [-0.3, -0.25) is 38.6 Å². The molecule has 0 aliphatic carbocycles. The van der Waals surface area contributed by atoms with E-state index in [9.17, 15) is 56.3 Å². The quantitative estimate of drug-likeness (QED) is 0.0195. The molecule has 594 valence electrons. The second-order valence-corrected chi connectivity index (χ2v) is 29.8. The van der Waals surface area contributed by atoms with Crippen LogP contribution in [0.3, 0.4) is 0 Å². The van der Waals surface area contributed by atoms with Crippen LogP contribution in [0, 0.1) is 23.7 Å². The fourth-order valence-corrected chi connectivity index (χ4v) is 13.3. The zero-order chi connectivity index (χ0) is 80.3. The highest BCUT2D eigenvalue weighted by Crippen LogP contribution is 2.32. The monoisotopic (exact) mass is 1520 g/mol. The standard InChI is InChI=1S/C74H112N12O13S.C2HF3O2/c1-18-48(7)62(58(96-16)44-59(87)86-40-26-32-57(86)63(97-17)49(8)64(88)79-56(67-76-39-42-100-67)43-51-27-21-20-22-28-51)85(15)68(91)60(46(3)4)81-66(90)61(47(5)6)83(13)41-37-50-33-35-53(36-34-50)84(14)72(95)98-45-52-29-23-24-30-54(52)78-65(89)55(31-25-38-77-70(75)93)80-69(92)74(12,19-2)82-71(94)99-73(9,10)11;3-2(4,5)1(6)7/h20-24,27-30,33-36,39,42,46-49,55-58,60-63H,18-19,25-26,31-32,37-38,40-41,43-45H2,1-17H3,(H,78,89)(H,79,88)(H,80,92)(H,81,90)(H,82,94)(H3,75,77,93);(H,6,7)/t48-,49+,55-,56-,57-,58+,60-,61-,62-,63+,74-;/m0./s1. The summed E-state index contributed by atoms with van der Waals surface area (Å²) in [5.41, 5.74) is 6.30. The number of alkyl halides is 3. The van der Waals surface area contributed by atoms with E-state index in [1.807, 2.05) is 113 Å². The molecule has 5 rings (SSSR count). The highest BCUT2D eigenvalue weighted by molar-refractivity contribution is 7.09. The van der Waals surface area contributed by atoms with Gasteiger partial charge in [-0.15, -0.1) is 11.3 Å². The number of primary amides is 1. The van der Waals surface area contributed by atoms with Crippen LogP contribution in [-0.4, -0.2) is 199 Å². The van der Waals surface area contributed by atoms with E-state index in [4.69, 9.17) is 34.6 Å². The topological polar surface area (TPSA) is 352 Å². The fraction of sp³-hybridized carbons (Fsp3) is 0.592. The lowest BCUT2D eigenvalue weighted by Crippen LogP contribution is -2.60. The molecule has 0 spiro atoms. The minimum atomic E-state index is -5.08. The van der Waals surface area contributed by atoms with E-state index in [0.29, 0.717) is 55.7 Å². The molecule has 10 amide bonds. The summed E-state index contributed by atoms with van der Waals surface area (Å²) in [7, 11) is 8.31. The summed E-state index contributed by atoms with van der Waals surface area (Å²) in [6.45, 7) is 22.8. The Morgan fingerprint density at radius 2 is 1.43 bits per heavy atom. The summed E-state index contributed by atoms with van der Waals surface area (Å²) in [4.78, 5) is 144. The van der Waals surface area contributed by atoms with Crippen molar-refractivity contribution in [2.45, 2.75) is 213 Å². The number of benzene rings is 3. The Bertz CT molecular complexity index is 3530. The van der Waals surface area contributed by atoms with Crippen molar-refractivity contribution in [3.05, 3.63) is 112 Å². The Morgan fingerprint density at radius 1 is 0.794 bits per heavy atom. The van der Waals surface area contributed by atoms with Gasteiger partial charge in [-0.05, 0) is 127 Å². The number of methoxy groups -OCH3 is 2. The summed E-state index contributed by atoms with van der Waals surface area (Å²) < 4.78 is 55.2. The lowest BCUT2D eigenvalue weighted by molar-refractivity contribution is -0.192. The molecular formula is C76H113F3N12O15S. The van der Waals surface area contributed by atoms with Gasteiger partial charge in [-0.2, -0.15) is 13.2 Å². The molecule has 0 radical (unpaired) electrons. The number of likely N-dealkylation sites (tertiary alicyclic amines) is 1. The highest BCUT2D eigenvalue weighted by atomic mass is 32.1. The van der Waals surface area contributed by atoms with Crippen molar-refractivity contribution in [1.29, 1.82) is 0 Å². The Kier molecular flexibility index (Phi) is 36.0. The summed E-state index contributed by atoms with van der Waals surface area (Å²) in [5.74, 6) is -6.14. The van der Waals surface area contributed by atoms with Crippen molar-refractivity contribution in [2.75, 3.05) is 65.2 Å². The number of amides is 10. The first-order valence-corrected chi connectivity index (χ1v) is 37.0. The van der Waals surface area contributed by atoms with Crippen molar-refractivity contribution >= 4 is 82.3 Å². The number of nitrogens with one attached hydrogen (secondary N) is 6. The van der Waals surface area contributed by atoms with Gasteiger partial charge in [0.05, 0.1) is 48.7 Å². The van der Waals surface area contributed by atoms with Crippen molar-refractivity contribution in [2.24, 2.45) is 29.4 Å². The minimum Gasteiger partial charge on any atom is -0.475 e. The number of anilines is 2. The molecule has 1 aliphatic heterocycles. The predicted octanol–water partition coefficient (Wildman–Crippen LogP) is 9.77. The average Bonchev–Trinajstić information content (AvgIpc) is 1.80. The number of nitrogens with zero attached hydrogens (tertiary/aromatic N) is 5. The third-order valence-corrected chi connectivity index (χ3v) is 19.9. The second kappa shape index (κ2) is 42.6. The van der Waals surface area contributed by atoms with Gasteiger partial charge in [0.2, 0.25) is 35.4 Å². The number of aliphatic carboxylic acids is 1. The molecule has 11 atom stereocenters. The highest BCUT2D eigenvalue weighted by Gasteiger charge is 2.45. The fourth-order valence-electron chi connectivity index (χ4n) is 12.6. The first-order valence-electron chi connectivity index (χ1n) is 36.1. The van der Waals surface area contributed by atoms with Crippen molar-refractivity contribution in [1.82, 2.24) is 46.3 Å². The van der Waals surface area contributed by atoms with Crippen LogP contribution < -0.4 is 42.5 Å². The molecule has 1 fully saturated rings. The van der Waals surface area contributed by atoms with Crippen molar-refractivity contribution in [3.8, 4) is 0 Å². The molecular weight excluding hydrogens is 1410 g/mol. The second-order valence-electron chi connectivity index (χ2n) is 28.9. The Hall–Kier alpha value is -8.94. The van der Waals surface area contributed by atoms with E-state index in [1.54, 1.807) is 104 Å². The third-order valence-electron chi connectivity index (χ3n) is 19.0. The van der Waals surface area contributed by atoms with Gasteiger partial charge in [0.1, 0.15) is 34.8 Å². The van der Waals surface area contributed by atoms with Crippen molar-refractivity contribution in [3.63, 3.8) is 0 Å². The summed E-state index contributed by atoms with van der Waals surface area (Å²) in [6.07, 6.45) is -2.51. The van der Waals surface area contributed by atoms with Crippen molar-refractivity contribution < 1.29 is 85.2 Å². The molecule has 2 heterocycles. The third kappa shape index (κ3) is 28.0. The number of carboxylic acids is 1. The molecule has 4 aromatic rings. The van der Waals surface area contributed by atoms with Gasteiger partial charge in [0.15, 0.2) is 0 Å². The minimum absolute atomic E-state index is 0.0262. The molecule has 0 bridgehead atoms. The van der Waals surface area contributed by atoms with Gasteiger partial charge < -0.3 is 71.5 Å². The molecule has 1 aliphatic rings. The molecule has 0 saturated carbocycles. The van der Waals surface area contributed by atoms with Crippen LogP contribution in [0.15, 0.2) is 90.4 Å². The predicted molar refractivity (Wildman–Crippen MR) is 402 cm³/mol. The summed E-state index contributed by atoms with van der Waals surface area (Å²) in [6, 6.07) is 19.4. The first-order chi connectivity index (χ1) is 50.2. The van der Waals surface area contributed by atoms with Crippen LogP contribution in [0.25, 0.3) is 0 Å². The number of likely N-dealkylation sites (N-methyl/N-ethyl adjacent to an activating group) is 2. The molecule has 31 heteroatoms. The molecule has 107 heavy (non-hydrogen) atoms. The Labute approximate surface area is 631 Å². The first kappa shape index (κ1) is 90.5. The lowest BCUT2D eigenvalue weighted by atomic mass is 9.89. The number of ether oxygens (including phenoxy) is 4. The summed E-state index contributed by atoms with van der Waals surface area (Å²) >= 11 is 1.48. The Balaban J connectivity index is 0.00000328. The molecule has 3 aromatic carbocycles. The van der Waals surface area contributed by atoms with Crippen LogP contribution in [-0.2, 0) is 72.0 Å². The zero-order valence-electron chi connectivity index (χ0n) is 64.8. The maximum atomic E-state index is 14.9. The number of carboxylic acid groups (broad SMARTS) is 1. The SMILES string of the molecule is CC[C@H](C)[C@@H]([C@@H](CC(=O)N1CCC[C@H]1[C@H](OC)[C@@H](C)C(=O)N[C@@H](Cc1ccccc1)c1nccs1)OC)N(C)C(=O)[C@@H](NC(=O)[C@H](C(C)C)N(C)CCc1ccc(N(C)C(=O)OCc2ccccc2NC(=O)[C@H](CCCNC(N)=O)NC(=O)[C@](C)(CC)NC(=O)OC(C)(C)C)cc1)C(C)C.O=C(O)C(F)(F)F. The largest absolute Gasteiger partial charge is 0.490 e. The molecule has 1 saturated heterocycles. The van der Waals surface area contributed by atoms with Gasteiger partial charge >= 0.3 is 30.4 Å². The number of para-hydroxylation sites is 1. The van der Waals surface area contributed by atoms with E-state index in [0.717, 1.165) is 22.6 Å². The number of thiazole rings is 1. The normalized spacial score (nSPS) is 16.1. The molecule has 0 unspecified atom stereocenters. The Morgan fingerprint density at radius 3 is 1.98 bits per heavy atom. The van der Waals surface area contributed by atoms with Gasteiger partial charge in [0, 0.05) is 76.5 Å². The van der Waals surface area contributed by atoms with Crippen LogP contribution in [0.1, 0.15) is 156 Å². The number of rotatable bonds is 37. The maximum Gasteiger partial charge on any atom is 0.490 e.